The lowest BCUT2D eigenvalue weighted by Gasteiger charge is -2.30. The molecule has 1 fully saturated rings. The highest BCUT2D eigenvalue weighted by molar-refractivity contribution is 7.87. The van der Waals surface area contributed by atoms with Crippen LogP contribution < -0.4 is 4.72 Å². The molecule has 2 N–H and O–H groups in total. The molecule has 0 radical (unpaired) electrons. The highest BCUT2D eigenvalue weighted by Crippen LogP contribution is 2.20. The van der Waals surface area contributed by atoms with E-state index in [1.54, 1.807) is 0 Å². The van der Waals surface area contributed by atoms with Crippen molar-refractivity contribution in [1.82, 2.24) is 9.03 Å². The van der Waals surface area contributed by atoms with Gasteiger partial charge in [-0.05, 0) is 19.8 Å². The number of methoxy groups -OCH3 is 1. The van der Waals surface area contributed by atoms with Crippen LogP contribution in [0.4, 0.5) is 0 Å². The van der Waals surface area contributed by atoms with Gasteiger partial charge < -0.3 is 9.84 Å². The summed E-state index contributed by atoms with van der Waals surface area (Å²) in [5.74, 6) is -1.88. The molecule has 0 unspecified atom stereocenters. The average Bonchev–Trinajstić information content (AvgIpc) is 2.37. The Labute approximate surface area is 111 Å². The van der Waals surface area contributed by atoms with Gasteiger partial charge in [-0.25, -0.2) is 0 Å². The highest BCUT2D eigenvalue weighted by atomic mass is 32.2. The molecule has 1 rings (SSSR count). The molecule has 1 atom stereocenters. The van der Waals surface area contributed by atoms with E-state index in [1.165, 1.54) is 14.0 Å². The van der Waals surface area contributed by atoms with Gasteiger partial charge in [0.1, 0.15) is 6.04 Å². The summed E-state index contributed by atoms with van der Waals surface area (Å²) in [5.41, 5.74) is 0. The van der Waals surface area contributed by atoms with Crippen LogP contribution in [0.5, 0.6) is 0 Å². The van der Waals surface area contributed by atoms with Crippen molar-refractivity contribution in [3.63, 3.8) is 0 Å². The summed E-state index contributed by atoms with van der Waals surface area (Å²) in [6, 6.07) is -1.19. The Morgan fingerprint density at radius 2 is 1.89 bits per heavy atom. The van der Waals surface area contributed by atoms with E-state index in [4.69, 9.17) is 5.11 Å². The monoisotopic (exact) mass is 294 g/mol. The molecule has 9 heteroatoms. The van der Waals surface area contributed by atoms with Gasteiger partial charge in [-0.3, -0.25) is 9.59 Å². The summed E-state index contributed by atoms with van der Waals surface area (Å²) in [7, 11) is -2.54. The fourth-order valence-corrected chi connectivity index (χ4v) is 3.24. The van der Waals surface area contributed by atoms with Crippen LogP contribution in [0.15, 0.2) is 0 Å². The molecule has 1 saturated heterocycles. The minimum absolute atomic E-state index is 0.168. The molecule has 110 valence electrons. The molecule has 0 aromatic carbocycles. The van der Waals surface area contributed by atoms with Crippen molar-refractivity contribution in [3.8, 4) is 0 Å². The van der Waals surface area contributed by atoms with Gasteiger partial charge in [0.25, 0.3) is 10.2 Å². The van der Waals surface area contributed by atoms with Gasteiger partial charge in [-0.1, -0.05) is 0 Å². The molecule has 0 saturated carbocycles. The Kier molecular flexibility index (Phi) is 5.27. The van der Waals surface area contributed by atoms with E-state index in [0.717, 1.165) is 4.31 Å². The molecule has 8 nitrogen and oxygen atoms in total. The van der Waals surface area contributed by atoms with Crippen molar-refractivity contribution >= 4 is 22.1 Å². The third-order valence-electron chi connectivity index (χ3n) is 3.02. The molecule has 0 aromatic heterocycles. The molecular weight excluding hydrogens is 276 g/mol. The molecule has 1 heterocycles. The lowest BCUT2D eigenvalue weighted by molar-refractivity contribution is -0.146. The Hall–Kier alpha value is -1.19. The lowest BCUT2D eigenvalue weighted by Crippen LogP contribution is -2.50. The van der Waals surface area contributed by atoms with E-state index in [9.17, 15) is 18.0 Å². The number of carboxylic acid groups (broad SMARTS) is 1. The number of hydrogen-bond donors (Lipinski definition) is 2. The second-order valence-electron chi connectivity index (χ2n) is 4.38. The van der Waals surface area contributed by atoms with Gasteiger partial charge in [0, 0.05) is 13.1 Å². The first-order valence-electron chi connectivity index (χ1n) is 5.86. The minimum Gasteiger partial charge on any atom is -0.480 e. The summed E-state index contributed by atoms with van der Waals surface area (Å²) >= 11 is 0. The maximum atomic E-state index is 11.9. The molecule has 0 spiro atoms. The number of piperidine rings is 1. The molecular formula is C10H18N2O6S. The normalized spacial score (nSPS) is 19.9. The van der Waals surface area contributed by atoms with E-state index < -0.39 is 22.2 Å². The van der Waals surface area contributed by atoms with Crippen LogP contribution in [-0.4, -0.2) is 56.0 Å². The van der Waals surface area contributed by atoms with Gasteiger partial charge in [-0.2, -0.15) is 17.4 Å². The number of hydrogen-bond acceptors (Lipinski definition) is 5. The van der Waals surface area contributed by atoms with Gasteiger partial charge in [0.15, 0.2) is 0 Å². The predicted octanol–water partition coefficient (Wildman–Crippen LogP) is -0.821. The molecule has 0 aromatic rings. The van der Waals surface area contributed by atoms with Gasteiger partial charge >= 0.3 is 11.9 Å². The first-order chi connectivity index (χ1) is 8.77. The van der Waals surface area contributed by atoms with Crippen LogP contribution in [0, 0.1) is 5.92 Å². The standard InChI is InChI=1S/C10H18N2O6S/c1-7(9(13)14)11-19(16,17)12-5-3-8(4-6-12)10(15)18-2/h7-8,11H,3-6H2,1-2H3,(H,13,14)/t7-/m0/s1. The van der Waals surface area contributed by atoms with Crippen molar-refractivity contribution in [2.24, 2.45) is 5.92 Å². The summed E-state index contributed by atoms with van der Waals surface area (Å²) in [6.07, 6.45) is 0.740. The topological polar surface area (TPSA) is 113 Å². The summed E-state index contributed by atoms with van der Waals surface area (Å²) < 4.78 is 31.6. The molecule has 1 aliphatic rings. The summed E-state index contributed by atoms with van der Waals surface area (Å²) in [5, 5.41) is 8.68. The number of nitrogens with one attached hydrogen (secondary N) is 1. The maximum Gasteiger partial charge on any atom is 0.321 e. The average molecular weight is 294 g/mol. The first kappa shape index (κ1) is 15.9. The van der Waals surface area contributed by atoms with Crippen molar-refractivity contribution in [2.75, 3.05) is 20.2 Å². The number of carboxylic acids is 1. The van der Waals surface area contributed by atoms with Gasteiger partial charge in [0.2, 0.25) is 0 Å². The lowest BCUT2D eigenvalue weighted by atomic mass is 9.99. The smallest absolute Gasteiger partial charge is 0.321 e. The van der Waals surface area contributed by atoms with Crippen LogP contribution in [0.2, 0.25) is 0 Å². The van der Waals surface area contributed by atoms with E-state index in [0.29, 0.717) is 12.8 Å². The third-order valence-corrected chi connectivity index (χ3v) is 4.72. The number of esters is 1. The Morgan fingerprint density at radius 1 is 1.37 bits per heavy atom. The Bertz CT molecular complexity index is 441. The van der Waals surface area contributed by atoms with Crippen molar-refractivity contribution in [3.05, 3.63) is 0 Å². The van der Waals surface area contributed by atoms with Crippen LogP contribution in [0.1, 0.15) is 19.8 Å². The molecule has 0 amide bonds. The van der Waals surface area contributed by atoms with Gasteiger partial charge in [0.05, 0.1) is 13.0 Å². The SMILES string of the molecule is COC(=O)C1CCN(S(=O)(=O)N[C@@H](C)C(=O)O)CC1. The third kappa shape index (κ3) is 4.15. The minimum atomic E-state index is -3.83. The molecule has 0 aliphatic carbocycles. The van der Waals surface area contributed by atoms with Crippen molar-refractivity contribution in [2.45, 2.75) is 25.8 Å². The number of nitrogens with zero attached hydrogens (tertiary/aromatic N) is 1. The highest BCUT2D eigenvalue weighted by Gasteiger charge is 2.32. The second kappa shape index (κ2) is 6.31. The largest absolute Gasteiger partial charge is 0.480 e. The maximum absolute atomic E-state index is 11.9. The Balaban J connectivity index is 2.59. The fourth-order valence-electron chi connectivity index (χ4n) is 1.85. The zero-order valence-electron chi connectivity index (χ0n) is 10.8. The number of aliphatic carboxylic acids is 1. The van der Waals surface area contributed by atoms with Crippen molar-refractivity contribution < 1.29 is 27.9 Å². The van der Waals surface area contributed by atoms with E-state index in [2.05, 4.69) is 9.46 Å². The summed E-state index contributed by atoms with van der Waals surface area (Å²) in [4.78, 5) is 21.9. The van der Waals surface area contributed by atoms with E-state index in [1.807, 2.05) is 0 Å². The first-order valence-corrected chi connectivity index (χ1v) is 7.30. The second-order valence-corrected chi connectivity index (χ2v) is 6.08. The van der Waals surface area contributed by atoms with Crippen LogP contribution in [0.25, 0.3) is 0 Å². The number of carbonyl (C=O) groups is 2. The zero-order valence-corrected chi connectivity index (χ0v) is 11.6. The zero-order chi connectivity index (χ0) is 14.6. The van der Waals surface area contributed by atoms with Gasteiger partial charge in [-0.15, -0.1) is 0 Å². The van der Waals surface area contributed by atoms with E-state index >= 15 is 0 Å². The molecule has 19 heavy (non-hydrogen) atoms. The number of carbonyl (C=O) groups excluding carboxylic acids is 1. The molecule has 0 bridgehead atoms. The summed E-state index contributed by atoms with van der Waals surface area (Å²) in [6.45, 7) is 1.59. The van der Waals surface area contributed by atoms with E-state index in [-0.39, 0.29) is 25.0 Å². The number of rotatable bonds is 5. The van der Waals surface area contributed by atoms with Crippen molar-refractivity contribution in [1.29, 1.82) is 0 Å². The van der Waals surface area contributed by atoms with Crippen LogP contribution in [-0.2, 0) is 24.5 Å². The Morgan fingerprint density at radius 3 is 2.32 bits per heavy atom. The number of ether oxygens (including phenoxy) is 1. The van der Waals surface area contributed by atoms with Crippen LogP contribution in [0.3, 0.4) is 0 Å². The fraction of sp³-hybridized carbons (Fsp3) is 0.800. The molecule has 1 aliphatic heterocycles. The predicted molar refractivity (Wildman–Crippen MR) is 65.5 cm³/mol. The quantitative estimate of drug-likeness (QED) is 0.640. The van der Waals surface area contributed by atoms with Crippen LogP contribution >= 0.6 is 0 Å².